The van der Waals surface area contributed by atoms with Crippen LogP contribution in [0, 0.1) is 0 Å². The van der Waals surface area contributed by atoms with E-state index in [0.29, 0.717) is 21.5 Å². The third-order valence-electron chi connectivity index (χ3n) is 5.64. The number of methoxy groups -OCH3 is 2. The Morgan fingerprint density at radius 2 is 1.74 bits per heavy atom. The molecule has 0 spiro atoms. The summed E-state index contributed by atoms with van der Waals surface area (Å²) in [6.07, 6.45) is 0.278. The number of halogens is 2. The van der Waals surface area contributed by atoms with Gasteiger partial charge in [0.1, 0.15) is 5.75 Å². The van der Waals surface area contributed by atoms with Crippen molar-refractivity contribution in [1.29, 1.82) is 0 Å². The van der Waals surface area contributed by atoms with Crippen LogP contribution in [0.25, 0.3) is 0 Å². The van der Waals surface area contributed by atoms with Crippen molar-refractivity contribution < 1.29 is 14.2 Å². The Labute approximate surface area is 190 Å². The Hall–Kier alpha value is -2.89. The summed E-state index contributed by atoms with van der Waals surface area (Å²) in [7, 11) is 3.25. The Kier molecular flexibility index (Phi) is 5.16. The normalized spacial score (nSPS) is 19.2. The zero-order chi connectivity index (χ0) is 21.5. The summed E-state index contributed by atoms with van der Waals surface area (Å²) >= 11 is 12.7. The van der Waals surface area contributed by atoms with Crippen LogP contribution in [0.15, 0.2) is 65.8 Å². The molecule has 158 valence electrons. The standard InChI is InChI=1S/C24H20Cl2N2O3/c1-29-22-10-7-14(11-23(22)30-2)19-13-20-17-5-3-4-6-21(17)31-24(28(20)27-19)16-9-8-15(25)12-18(16)26/h3-12,20,24H,13H2,1-2H3/t20-,24-/m0/s1. The fourth-order valence-corrected chi connectivity index (χ4v) is 4.63. The highest BCUT2D eigenvalue weighted by atomic mass is 35.5. The van der Waals surface area contributed by atoms with Crippen LogP contribution in [0.5, 0.6) is 17.2 Å². The highest BCUT2D eigenvalue weighted by molar-refractivity contribution is 6.35. The molecule has 0 saturated carbocycles. The highest BCUT2D eigenvalue weighted by Gasteiger charge is 2.41. The van der Waals surface area contributed by atoms with Crippen molar-refractivity contribution in [2.24, 2.45) is 5.10 Å². The smallest absolute Gasteiger partial charge is 0.215 e. The SMILES string of the molecule is COc1ccc(C2=NN3[C@@H](C2)c2ccccc2O[C@H]3c2ccc(Cl)cc2Cl)cc1OC. The van der Waals surface area contributed by atoms with Gasteiger partial charge in [0.25, 0.3) is 0 Å². The van der Waals surface area contributed by atoms with Crippen LogP contribution < -0.4 is 14.2 Å². The predicted molar refractivity (Wildman–Crippen MR) is 122 cm³/mol. The molecule has 0 aliphatic carbocycles. The summed E-state index contributed by atoms with van der Waals surface area (Å²) in [4.78, 5) is 0. The first-order chi connectivity index (χ1) is 15.1. The van der Waals surface area contributed by atoms with Crippen LogP contribution in [-0.4, -0.2) is 24.9 Å². The second-order valence-electron chi connectivity index (χ2n) is 7.39. The van der Waals surface area contributed by atoms with Crippen molar-refractivity contribution in [3.63, 3.8) is 0 Å². The molecule has 0 radical (unpaired) electrons. The number of ether oxygens (including phenoxy) is 3. The minimum absolute atomic E-state index is 0.0322. The van der Waals surface area contributed by atoms with E-state index < -0.39 is 6.23 Å². The monoisotopic (exact) mass is 454 g/mol. The molecule has 7 heteroatoms. The van der Waals surface area contributed by atoms with Crippen molar-refractivity contribution in [2.45, 2.75) is 18.7 Å². The molecule has 2 heterocycles. The van der Waals surface area contributed by atoms with Gasteiger partial charge < -0.3 is 14.2 Å². The Morgan fingerprint density at radius 3 is 2.52 bits per heavy atom. The van der Waals surface area contributed by atoms with Gasteiger partial charge in [0.05, 0.1) is 31.0 Å². The molecule has 0 saturated heterocycles. The van der Waals surface area contributed by atoms with E-state index >= 15 is 0 Å². The van der Waals surface area contributed by atoms with E-state index in [9.17, 15) is 0 Å². The minimum Gasteiger partial charge on any atom is -0.493 e. The molecule has 0 N–H and O–H groups in total. The molecule has 0 aromatic heterocycles. The number of fused-ring (bicyclic) bond motifs is 3. The summed E-state index contributed by atoms with van der Waals surface area (Å²) in [5, 5.41) is 8.09. The lowest BCUT2D eigenvalue weighted by molar-refractivity contribution is -0.0189. The number of hydrazone groups is 1. The number of rotatable bonds is 4. The van der Waals surface area contributed by atoms with E-state index in [-0.39, 0.29) is 6.04 Å². The molecule has 0 fully saturated rings. The first kappa shape index (κ1) is 20.0. The average Bonchev–Trinajstić information content (AvgIpc) is 3.24. The lowest BCUT2D eigenvalue weighted by Gasteiger charge is -2.38. The van der Waals surface area contributed by atoms with Crippen molar-refractivity contribution in [3.05, 3.63) is 87.4 Å². The molecule has 3 aromatic rings. The van der Waals surface area contributed by atoms with Crippen LogP contribution in [-0.2, 0) is 0 Å². The fraction of sp³-hybridized carbons (Fsp3) is 0.208. The molecule has 5 nitrogen and oxygen atoms in total. The summed E-state index contributed by atoms with van der Waals surface area (Å²) < 4.78 is 17.2. The molecule has 3 aromatic carbocycles. The van der Waals surface area contributed by atoms with E-state index in [0.717, 1.165) is 34.6 Å². The summed E-state index contributed by atoms with van der Waals surface area (Å²) in [6, 6.07) is 19.4. The molecule has 2 aliphatic rings. The van der Waals surface area contributed by atoms with Crippen molar-refractivity contribution >= 4 is 28.9 Å². The molecule has 0 unspecified atom stereocenters. The Morgan fingerprint density at radius 1 is 0.935 bits per heavy atom. The average molecular weight is 455 g/mol. The van der Waals surface area contributed by atoms with Crippen molar-refractivity contribution in [3.8, 4) is 17.2 Å². The summed E-state index contributed by atoms with van der Waals surface area (Å²) in [5.74, 6) is 2.19. The maximum absolute atomic E-state index is 6.54. The van der Waals surface area contributed by atoms with Crippen LogP contribution >= 0.6 is 23.2 Å². The predicted octanol–water partition coefficient (Wildman–Crippen LogP) is 6.25. The first-order valence-electron chi connectivity index (χ1n) is 9.88. The lowest BCUT2D eigenvalue weighted by Crippen LogP contribution is -2.33. The van der Waals surface area contributed by atoms with Gasteiger partial charge in [-0.25, -0.2) is 5.01 Å². The Balaban J connectivity index is 1.59. The van der Waals surface area contributed by atoms with Gasteiger partial charge in [-0.1, -0.05) is 47.5 Å². The number of hydrogen-bond acceptors (Lipinski definition) is 5. The van der Waals surface area contributed by atoms with Gasteiger partial charge in [0, 0.05) is 28.1 Å². The molecule has 2 aliphatic heterocycles. The second kappa shape index (κ2) is 7.98. The third kappa shape index (κ3) is 3.48. The van der Waals surface area contributed by atoms with Gasteiger partial charge in [-0.2, -0.15) is 5.10 Å². The van der Waals surface area contributed by atoms with Gasteiger partial charge in [-0.3, -0.25) is 0 Å². The van der Waals surface area contributed by atoms with E-state index in [1.807, 2.05) is 53.5 Å². The van der Waals surface area contributed by atoms with Crippen LogP contribution in [0.3, 0.4) is 0 Å². The van der Waals surface area contributed by atoms with Gasteiger partial charge in [0.15, 0.2) is 11.5 Å². The van der Waals surface area contributed by atoms with Crippen molar-refractivity contribution in [1.82, 2.24) is 5.01 Å². The molecule has 2 atom stereocenters. The zero-order valence-electron chi connectivity index (χ0n) is 17.0. The largest absolute Gasteiger partial charge is 0.493 e. The minimum atomic E-state index is -0.456. The molecule has 0 bridgehead atoms. The van der Waals surface area contributed by atoms with Gasteiger partial charge >= 0.3 is 0 Å². The number of benzene rings is 3. The van der Waals surface area contributed by atoms with E-state index in [2.05, 4.69) is 6.07 Å². The number of para-hydroxylation sites is 1. The molecule has 31 heavy (non-hydrogen) atoms. The molecular weight excluding hydrogens is 435 g/mol. The summed E-state index contributed by atoms with van der Waals surface area (Å²) in [6.45, 7) is 0. The van der Waals surface area contributed by atoms with Gasteiger partial charge in [-0.15, -0.1) is 0 Å². The van der Waals surface area contributed by atoms with Crippen LogP contribution in [0.4, 0.5) is 0 Å². The topological polar surface area (TPSA) is 43.3 Å². The van der Waals surface area contributed by atoms with Gasteiger partial charge in [0.2, 0.25) is 6.23 Å². The van der Waals surface area contributed by atoms with Crippen LogP contribution in [0.2, 0.25) is 10.0 Å². The summed E-state index contributed by atoms with van der Waals surface area (Å²) in [5.41, 5.74) is 3.85. The van der Waals surface area contributed by atoms with E-state index in [1.54, 1.807) is 20.3 Å². The van der Waals surface area contributed by atoms with Gasteiger partial charge in [-0.05, 0) is 36.4 Å². The maximum atomic E-state index is 6.54. The highest BCUT2D eigenvalue weighted by Crippen LogP contribution is 2.48. The van der Waals surface area contributed by atoms with E-state index in [1.165, 1.54) is 0 Å². The molecule has 5 rings (SSSR count). The van der Waals surface area contributed by atoms with Crippen LogP contribution in [0.1, 0.15) is 35.4 Å². The fourth-order valence-electron chi connectivity index (χ4n) is 4.13. The third-order valence-corrected chi connectivity index (χ3v) is 6.21. The molecular formula is C24H20Cl2N2O3. The second-order valence-corrected chi connectivity index (χ2v) is 8.23. The number of nitrogens with zero attached hydrogens (tertiary/aromatic N) is 2. The van der Waals surface area contributed by atoms with E-state index in [4.69, 9.17) is 42.5 Å². The number of hydrogen-bond donors (Lipinski definition) is 0. The maximum Gasteiger partial charge on any atom is 0.215 e. The molecule has 0 amide bonds. The van der Waals surface area contributed by atoms with Crippen molar-refractivity contribution in [2.75, 3.05) is 14.2 Å². The lowest BCUT2D eigenvalue weighted by atomic mass is 9.96. The zero-order valence-corrected chi connectivity index (χ0v) is 18.5. The quantitative estimate of drug-likeness (QED) is 0.466. The Bertz CT molecular complexity index is 1180. The first-order valence-corrected chi connectivity index (χ1v) is 10.6.